The third-order valence-electron chi connectivity index (χ3n) is 6.17. The van der Waals surface area contributed by atoms with Gasteiger partial charge in [-0.15, -0.1) is 0 Å². The van der Waals surface area contributed by atoms with Crippen molar-refractivity contribution in [3.8, 4) is 0 Å². The topological polar surface area (TPSA) is 259 Å². The molecular formula is C34H38O18. The second kappa shape index (κ2) is 22.4. The number of aliphatic carboxylic acids is 2. The quantitative estimate of drug-likeness (QED) is 0.0703. The van der Waals surface area contributed by atoms with E-state index in [1.165, 1.54) is 19.9 Å². The van der Waals surface area contributed by atoms with Crippen LogP contribution in [0.1, 0.15) is 57.8 Å². The van der Waals surface area contributed by atoms with Crippen molar-refractivity contribution in [3.63, 3.8) is 0 Å². The van der Waals surface area contributed by atoms with Crippen molar-refractivity contribution in [2.24, 2.45) is 11.8 Å². The van der Waals surface area contributed by atoms with Crippen LogP contribution < -0.4 is 0 Å². The Labute approximate surface area is 296 Å². The summed E-state index contributed by atoms with van der Waals surface area (Å²) in [5.41, 5.74) is -1.33. The minimum atomic E-state index is -1.46. The summed E-state index contributed by atoms with van der Waals surface area (Å²) in [5.74, 6) is -12.8. The maximum Gasteiger partial charge on any atom is 0.339 e. The Morgan fingerprint density at radius 2 is 1.04 bits per heavy atom. The van der Waals surface area contributed by atoms with Crippen molar-refractivity contribution in [2.45, 2.75) is 26.7 Å². The normalized spacial score (nSPS) is 11.3. The second-order valence-corrected chi connectivity index (χ2v) is 10.6. The van der Waals surface area contributed by atoms with Crippen molar-refractivity contribution >= 4 is 53.7 Å². The van der Waals surface area contributed by atoms with Gasteiger partial charge in [-0.05, 0) is 32.0 Å². The van der Waals surface area contributed by atoms with Gasteiger partial charge in [0.05, 0.1) is 29.5 Å². The summed E-state index contributed by atoms with van der Waals surface area (Å²) in [4.78, 5) is 110. The Morgan fingerprint density at radius 3 is 1.46 bits per heavy atom. The largest absolute Gasteiger partial charge is 0.481 e. The van der Waals surface area contributed by atoms with Gasteiger partial charge in [0.25, 0.3) is 0 Å². The van der Waals surface area contributed by atoms with Gasteiger partial charge in [0.2, 0.25) is 0 Å². The number of ether oxygens (including phenoxy) is 7. The molecule has 0 aromatic heterocycles. The first-order chi connectivity index (χ1) is 24.5. The zero-order valence-electron chi connectivity index (χ0n) is 28.4. The molecule has 1 aromatic rings. The predicted octanol–water partition coefficient (Wildman–Crippen LogP) is 1.85. The van der Waals surface area contributed by atoms with Crippen LogP contribution in [-0.2, 0) is 61.9 Å². The molecule has 0 fully saturated rings. The molecule has 52 heavy (non-hydrogen) atoms. The highest BCUT2D eigenvalue weighted by Gasteiger charge is 2.29. The molecule has 0 aliphatic rings. The molecule has 0 aliphatic heterocycles. The fourth-order valence-electron chi connectivity index (χ4n) is 3.43. The van der Waals surface area contributed by atoms with Crippen LogP contribution in [0.15, 0.2) is 55.2 Å². The van der Waals surface area contributed by atoms with E-state index in [0.29, 0.717) is 0 Å². The maximum absolute atomic E-state index is 13.3. The molecule has 1 rings (SSSR count). The summed E-state index contributed by atoms with van der Waals surface area (Å²) in [6.07, 6.45) is 0.164. The molecule has 0 amide bonds. The maximum atomic E-state index is 13.3. The number of benzene rings is 1. The van der Waals surface area contributed by atoms with Crippen LogP contribution in [0, 0.1) is 11.8 Å². The number of hydrogen-bond donors (Lipinski definition) is 2. The van der Waals surface area contributed by atoms with Crippen molar-refractivity contribution in [1.82, 2.24) is 0 Å². The van der Waals surface area contributed by atoms with E-state index in [0.717, 1.165) is 18.2 Å². The summed E-state index contributed by atoms with van der Waals surface area (Å²) in [5, 5.41) is 17.6. The highest BCUT2D eigenvalue weighted by Crippen LogP contribution is 2.18. The number of carboxylic acids is 2. The molecule has 18 heteroatoms. The molecular weight excluding hydrogens is 696 g/mol. The molecule has 0 spiro atoms. The van der Waals surface area contributed by atoms with Gasteiger partial charge in [-0.2, -0.15) is 0 Å². The van der Waals surface area contributed by atoms with Crippen LogP contribution in [-0.4, -0.2) is 110 Å². The third kappa shape index (κ3) is 15.9. The zero-order valence-corrected chi connectivity index (χ0v) is 28.4. The minimum absolute atomic E-state index is 0.00427. The molecule has 2 unspecified atom stereocenters. The molecule has 2 N–H and O–H groups in total. The van der Waals surface area contributed by atoms with E-state index in [1.807, 2.05) is 0 Å². The number of carbonyl (C=O) groups is 9. The van der Waals surface area contributed by atoms with Crippen molar-refractivity contribution in [3.05, 3.63) is 71.8 Å². The lowest BCUT2D eigenvalue weighted by Gasteiger charge is -2.18. The molecule has 0 heterocycles. The highest BCUT2D eigenvalue weighted by molar-refractivity contribution is 6.05. The van der Waals surface area contributed by atoms with Crippen LogP contribution in [0.2, 0.25) is 0 Å². The first-order valence-corrected chi connectivity index (χ1v) is 15.2. The van der Waals surface area contributed by atoms with Crippen LogP contribution >= 0.6 is 0 Å². The summed E-state index contributed by atoms with van der Waals surface area (Å²) >= 11 is 0. The molecule has 0 saturated carbocycles. The van der Waals surface area contributed by atoms with E-state index in [1.54, 1.807) is 0 Å². The number of carbonyl (C=O) groups excluding carboxylic acids is 7. The zero-order chi connectivity index (χ0) is 39.4. The summed E-state index contributed by atoms with van der Waals surface area (Å²) in [6, 6.07) is 2.99. The summed E-state index contributed by atoms with van der Waals surface area (Å²) < 4.78 is 35.1. The van der Waals surface area contributed by atoms with Crippen molar-refractivity contribution in [1.29, 1.82) is 0 Å². The summed E-state index contributed by atoms with van der Waals surface area (Å²) in [6.45, 7) is 8.70. The fourth-order valence-corrected chi connectivity index (χ4v) is 3.43. The molecule has 18 nitrogen and oxygen atoms in total. The Kier molecular flexibility index (Phi) is 18.8. The molecule has 282 valence electrons. The Balaban J connectivity index is 3.30. The average Bonchev–Trinajstić information content (AvgIpc) is 3.09. The van der Waals surface area contributed by atoms with Gasteiger partial charge in [-0.1, -0.05) is 25.8 Å². The first-order valence-electron chi connectivity index (χ1n) is 15.2. The van der Waals surface area contributed by atoms with Crippen molar-refractivity contribution < 1.29 is 86.5 Å². The molecule has 0 aliphatic carbocycles. The van der Waals surface area contributed by atoms with Gasteiger partial charge < -0.3 is 43.4 Å². The smallest absolute Gasteiger partial charge is 0.339 e. The Bertz CT molecular complexity index is 1570. The monoisotopic (exact) mass is 734 g/mol. The van der Waals surface area contributed by atoms with Gasteiger partial charge in [0.15, 0.2) is 0 Å². The molecule has 0 bridgehead atoms. The fraction of sp³-hybridized carbons (Fsp3) is 0.382. The highest BCUT2D eigenvalue weighted by atomic mass is 16.6. The third-order valence-corrected chi connectivity index (χ3v) is 6.17. The Morgan fingerprint density at radius 1 is 0.615 bits per heavy atom. The predicted molar refractivity (Wildman–Crippen MR) is 172 cm³/mol. The van der Waals surface area contributed by atoms with E-state index >= 15 is 0 Å². The van der Waals surface area contributed by atoms with E-state index < -0.39 is 129 Å². The van der Waals surface area contributed by atoms with Gasteiger partial charge in [0, 0.05) is 11.1 Å². The van der Waals surface area contributed by atoms with Crippen LogP contribution in [0.5, 0.6) is 0 Å². The SMILES string of the molecule is C=CCOC(=O)c1ccc(C(=O)OCC(COC(=O)C(=C)C)C(=O)OCCC(=O)O)cc1C(=O)OCC(COC(=O)C(=C)C)C(=O)OCCC(=O)O. The van der Waals surface area contributed by atoms with Crippen LogP contribution in [0.3, 0.4) is 0 Å². The lowest BCUT2D eigenvalue weighted by Crippen LogP contribution is -2.31. The molecule has 2 atom stereocenters. The van der Waals surface area contributed by atoms with Gasteiger partial charge in [0.1, 0.15) is 58.1 Å². The van der Waals surface area contributed by atoms with E-state index in [9.17, 15) is 43.2 Å². The second-order valence-electron chi connectivity index (χ2n) is 10.6. The lowest BCUT2D eigenvalue weighted by atomic mass is 10.0. The van der Waals surface area contributed by atoms with E-state index in [-0.39, 0.29) is 23.3 Å². The number of carboxylic acid groups (broad SMARTS) is 2. The van der Waals surface area contributed by atoms with Gasteiger partial charge in [-0.25, -0.2) is 24.0 Å². The molecule has 0 radical (unpaired) electrons. The lowest BCUT2D eigenvalue weighted by molar-refractivity contribution is -0.158. The number of rotatable bonds is 23. The minimum Gasteiger partial charge on any atom is -0.481 e. The molecule has 0 saturated heterocycles. The van der Waals surface area contributed by atoms with Gasteiger partial charge >= 0.3 is 53.7 Å². The average molecular weight is 735 g/mol. The van der Waals surface area contributed by atoms with Crippen LogP contribution in [0.25, 0.3) is 0 Å². The van der Waals surface area contributed by atoms with Crippen molar-refractivity contribution in [2.75, 3.05) is 46.2 Å². The standard InChI is InChI=1S/C34H38O18/c1-6-11-46-33(44)24-8-7-21(30(41)51-17-22(15-49-28(39)19(2)3)31(42)47-12-9-26(35)36)14-25(24)34(45)52-18-23(16-50-29(40)20(4)5)32(43)48-13-10-27(37)38/h6-8,14,22-23H,1-2,4,9-13,15-18H2,3,5H3,(H,35,36)(H,37,38). The summed E-state index contributed by atoms with van der Waals surface area (Å²) in [7, 11) is 0. The van der Waals surface area contributed by atoms with Crippen LogP contribution in [0.4, 0.5) is 0 Å². The Hall–Kier alpha value is -6.33. The molecule has 1 aromatic carbocycles. The number of hydrogen-bond acceptors (Lipinski definition) is 16. The van der Waals surface area contributed by atoms with Gasteiger partial charge in [-0.3, -0.25) is 19.2 Å². The van der Waals surface area contributed by atoms with E-state index in [2.05, 4.69) is 19.7 Å². The first kappa shape index (κ1) is 43.7. The van der Waals surface area contributed by atoms with E-state index in [4.69, 9.17) is 43.4 Å². The number of esters is 7.